The number of rotatable bonds is 1. The Labute approximate surface area is 89.6 Å². The molecule has 0 spiro atoms. The summed E-state index contributed by atoms with van der Waals surface area (Å²) in [5.74, 6) is -0.355. The SMILES string of the molecule is O=c1cc(-c2cccc(F)c2)[nH]c(=S)[nH]1. The number of halogens is 1. The summed E-state index contributed by atoms with van der Waals surface area (Å²) in [5, 5.41) is 0. The Morgan fingerprint density at radius 1 is 1.20 bits per heavy atom. The van der Waals surface area contributed by atoms with Crippen molar-refractivity contribution in [3.8, 4) is 11.3 Å². The Hall–Kier alpha value is -1.75. The van der Waals surface area contributed by atoms with Gasteiger partial charge in [-0.15, -0.1) is 0 Å². The number of hydrogen-bond donors (Lipinski definition) is 2. The quantitative estimate of drug-likeness (QED) is 0.727. The van der Waals surface area contributed by atoms with Crippen molar-refractivity contribution >= 4 is 12.2 Å². The van der Waals surface area contributed by atoms with Gasteiger partial charge in [0.1, 0.15) is 5.82 Å². The van der Waals surface area contributed by atoms with Crippen LogP contribution in [0.4, 0.5) is 4.39 Å². The van der Waals surface area contributed by atoms with Gasteiger partial charge in [-0.2, -0.15) is 0 Å². The maximum absolute atomic E-state index is 12.9. The lowest BCUT2D eigenvalue weighted by Crippen LogP contribution is -2.06. The minimum atomic E-state index is -0.355. The molecule has 1 aromatic heterocycles. The average Bonchev–Trinajstić information content (AvgIpc) is 2.16. The summed E-state index contributed by atoms with van der Waals surface area (Å²) < 4.78 is 13.2. The van der Waals surface area contributed by atoms with E-state index in [4.69, 9.17) is 12.2 Å². The molecule has 2 N–H and O–H groups in total. The first-order chi connectivity index (χ1) is 7.15. The number of hydrogen-bond acceptors (Lipinski definition) is 2. The van der Waals surface area contributed by atoms with Crippen molar-refractivity contribution in [1.82, 2.24) is 9.97 Å². The van der Waals surface area contributed by atoms with E-state index in [1.807, 2.05) is 0 Å². The summed E-state index contributed by atoms with van der Waals surface area (Å²) in [6.07, 6.45) is 0. The van der Waals surface area contributed by atoms with Gasteiger partial charge in [0.05, 0.1) is 5.69 Å². The van der Waals surface area contributed by atoms with Crippen LogP contribution in [0.1, 0.15) is 0 Å². The van der Waals surface area contributed by atoms with E-state index >= 15 is 0 Å². The van der Waals surface area contributed by atoms with Crippen LogP contribution in [0.25, 0.3) is 11.3 Å². The van der Waals surface area contributed by atoms with Crippen LogP contribution in [-0.4, -0.2) is 9.97 Å². The molecule has 1 aromatic carbocycles. The number of aromatic amines is 2. The second-order valence-corrected chi connectivity index (χ2v) is 3.42. The zero-order valence-corrected chi connectivity index (χ0v) is 8.40. The molecule has 76 valence electrons. The molecule has 2 aromatic rings. The molecule has 5 heteroatoms. The highest BCUT2D eigenvalue weighted by Gasteiger charge is 2.00. The fourth-order valence-corrected chi connectivity index (χ4v) is 1.49. The molecule has 0 saturated heterocycles. The molecule has 0 saturated carbocycles. The summed E-state index contributed by atoms with van der Waals surface area (Å²) in [6.45, 7) is 0. The van der Waals surface area contributed by atoms with Gasteiger partial charge in [0.15, 0.2) is 4.77 Å². The molecule has 0 aliphatic carbocycles. The lowest BCUT2D eigenvalue weighted by atomic mass is 10.1. The molecule has 0 fully saturated rings. The van der Waals surface area contributed by atoms with Gasteiger partial charge in [-0.25, -0.2) is 4.39 Å². The normalized spacial score (nSPS) is 10.2. The third kappa shape index (κ3) is 2.19. The molecular formula is C10H7FN2OS. The van der Waals surface area contributed by atoms with E-state index in [-0.39, 0.29) is 16.1 Å². The van der Waals surface area contributed by atoms with E-state index in [0.29, 0.717) is 11.3 Å². The zero-order chi connectivity index (χ0) is 10.8. The molecule has 2 rings (SSSR count). The fourth-order valence-electron chi connectivity index (χ4n) is 1.28. The maximum atomic E-state index is 12.9. The monoisotopic (exact) mass is 222 g/mol. The lowest BCUT2D eigenvalue weighted by Gasteiger charge is -2.00. The summed E-state index contributed by atoms with van der Waals surface area (Å²) >= 11 is 4.82. The zero-order valence-electron chi connectivity index (χ0n) is 7.58. The van der Waals surface area contributed by atoms with Gasteiger partial charge < -0.3 is 4.98 Å². The second kappa shape index (κ2) is 3.78. The van der Waals surface area contributed by atoms with Crippen LogP contribution >= 0.6 is 12.2 Å². The molecule has 3 nitrogen and oxygen atoms in total. The molecule has 0 atom stereocenters. The van der Waals surface area contributed by atoms with Crippen molar-refractivity contribution in [3.05, 3.63) is 51.3 Å². The van der Waals surface area contributed by atoms with Gasteiger partial charge in [-0.05, 0) is 24.4 Å². The Kier molecular flexibility index (Phi) is 2.47. The van der Waals surface area contributed by atoms with Crippen LogP contribution < -0.4 is 5.56 Å². The van der Waals surface area contributed by atoms with E-state index in [9.17, 15) is 9.18 Å². The largest absolute Gasteiger partial charge is 0.332 e. The van der Waals surface area contributed by atoms with Crippen LogP contribution in [0.3, 0.4) is 0 Å². The Bertz CT molecular complexity index is 574. The smallest absolute Gasteiger partial charge is 0.252 e. The summed E-state index contributed by atoms with van der Waals surface area (Å²) in [4.78, 5) is 16.3. The van der Waals surface area contributed by atoms with E-state index in [2.05, 4.69) is 9.97 Å². The second-order valence-electron chi connectivity index (χ2n) is 3.01. The van der Waals surface area contributed by atoms with Crippen molar-refractivity contribution in [2.75, 3.05) is 0 Å². The van der Waals surface area contributed by atoms with Crippen molar-refractivity contribution in [1.29, 1.82) is 0 Å². The van der Waals surface area contributed by atoms with Crippen molar-refractivity contribution in [2.45, 2.75) is 0 Å². The first kappa shape index (κ1) is 9.79. The van der Waals surface area contributed by atoms with Crippen LogP contribution in [-0.2, 0) is 0 Å². The molecular weight excluding hydrogens is 215 g/mol. The van der Waals surface area contributed by atoms with Gasteiger partial charge in [0.2, 0.25) is 0 Å². The van der Waals surface area contributed by atoms with Gasteiger partial charge in [-0.3, -0.25) is 9.78 Å². The maximum Gasteiger partial charge on any atom is 0.252 e. The first-order valence-electron chi connectivity index (χ1n) is 4.25. The van der Waals surface area contributed by atoms with Crippen molar-refractivity contribution in [3.63, 3.8) is 0 Å². The molecule has 0 amide bonds. The van der Waals surface area contributed by atoms with Crippen LogP contribution in [0.15, 0.2) is 35.1 Å². The molecule has 0 aliphatic heterocycles. The molecule has 15 heavy (non-hydrogen) atoms. The molecule has 0 bridgehead atoms. The summed E-state index contributed by atoms with van der Waals surface area (Å²) in [5.41, 5.74) is 0.786. The Morgan fingerprint density at radius 3 is 2.67 bits per heavy atom. The number of benzene rings is 1. The van der Waals surface area contributed by atoms with Gasteiger partial charge in [-0.1, -0.05) is 12.1 Å². The summed E-state index contributed by atoms with van der Waals surface area (Å²) in [6, 6.07) is 7.28. The van der Waals surface area contributed by atoms with Crippen LogP contribution in [0, 0.1) is 10.6 Å². The minimum Gasteiger partial charge on any atom is -0.332 e. The molecule has 0 aliphatic rings. The Morgan fingerprint density at radius 2 is 2.00 bits per heavy atom. The van der Waals surface area contributed by atoms with Gasteiger partial charge >= 0.3 is 0 Å². The summed E-state index contributed by atoms with van der Waals surface area (Å²) in [7, 11) is 0. The fraction of sp³-hybridized carbons (Fsp3) is 0. The highest BCUT2D eigenvalue weighted by atomic mass is 32.1. The van der Waals surface area contributed by atoms with Gasteiger partial charge in [0.25, 0.3) is 5.56 Å². The highest BCUT2D eigenvalue weighted by Crippen LogP contribution is 2.15. The molecule has 0 radical (unpaired) electrons. The number of H-pyrrole nitrogens is 2. The Balaban J connectivity index is 2.64. The van der Waals surface area contributed by atoms with Gasteiger partial charge in [0, 0.05) is 11.6 Å². The van der Waals surface area contributed by atoms with E-state index < -0.39 is 0 Å². The third-order valence-electron chi connectivity index (χ3n) is 1.90. The lowest BCUT2D eigenvalue weighted by molar-refractivity contribution is 0.628. The molecule has 0 unspecified atom stereocenters. The first-order valence-corrected chi connectivity index (χ1v) is 4.65. The van der Waals surface area contributed by atoms with E-state index in [1.165, 1.54) is 18.2 Å². The molecule has 1 heterocycles. The number of aromatic nitrogens is 2. The number of nitrogens with one attached hydrogen (secondary N) is 2. The van der Waals surface area contributed by atoms with E-state index in [1.54, 1.807) is 12.1 Å². The van der Waals surface area contributed by atoms with Crippen LogP contribution in [0.5, 0.6) is 0 Å². The van der Waals surface area contributed by atoms with Crippen molar-refractivity contribution in [2.24, 2.45) is 0 Å². The third-order valence-corrected chi connectivity index (χ3v) is 2.10. The average molecular weight is 222 g/mol. The highest BCUT2D eigenvalue weighted by molar-refractivity contribution is 7.71. The topological polar surface area (TPSA) is 48.6 Å². The van der Waals surface area contributed by atoms with Crippen molar-refractivity contribution < 1.29 is 4.39 Å². The predicted molar refractivity (Wildman–Crippen MR) is 57.6 cm³/mol. The van der Waals surface area contributed by atoms with E-state index in [0.717, 1.165) is 0 Å². The standard InChI is InChI=1S/C10H7FN2OS/c11-7-3-1-2-6(4-7)8-5-9(14)13-10(15)12-8/h1-5H,(H2,12,13,14,15). The minimum absolute atomic E-state index is 0.224. The van der Waals surface area contributed by atoms with Crippen LogP contribution in [0.2, 0.25) is 0 Å². The predicted octanol–water partition coefficient (Wildman–Crippen LogP) is 2.24.